The van der Waals surface area contributed by atoms with Crippen molar-refractivity contribution in [3.63, 3.8) is 0 Å². The Labute approximate surface area is 262 Å². The number of likely N-dealkylation sites (tertiary alicyclic amines) is 1. The van der Waals surface area contributed by atoms with Crippen LogP contribution in [0.25, 0.3) is 0 Å². The number of hydrogen-bond acceptors (Lipinski definition) is 5. The fourth-order valence-corrected chi connectivity index (χ4v) is 7.27. The van der Waals surface area contributed by atoms with Gasteiger partial charge in [-0.3, -0.25) is 14.5 Å². The maximum atomic E-state index is 14.3. The van der Waals surface area contributed by atoms with E-state index in [1.807, 2.05) is 52.3 Å². The lowest BCUT2D eigenvalue weighted by Crippen LogP contribution is -2.45. The van der Waals surface area contributed by atoms with E-state index in [4.69, 9.17) is 4.74 Å². The zero-order valence-corrected chi connectivity index (χ0v) is 26.1. The first-order chi connectivity index (χ1) is 21.5. The molecule has 0 radical (unpaired) electrons. The summed E-state index contributed by atoms with van der Waals surface area (Å²) in [4.78, 5) is 36.3. The Bertz CT molecular complexity index is 1410. The van der Waals surface area contributed by atoms with Gasteiger partial charge in [-0.2, -0.15) is 0 Å². The van der Waals surface area contributed by atoms with Crippen LogP contribution in [-0.2, 0) is 17.9 Å². The predicted octanol–water partition coefficient (Wildman–Crippen LogP) is 5.98. The van der Waals surface area contributed by atoms with Crippen LogP contribution in [0.5, 0.6) is 5.75 Å². The van der Waals surface area contributed by atoms with E-state index < -0.39 is 0 Å². The molecule has 3 aliphatic heterocycles. The van der Waals surface area contributed by atoms with Crippen molar-refractivity contribution in [3.05, 3.63) is 95.6 Å². The fraction of sp³-hybridized carbons (Fsp3) is 0.459. The van der Waals surface area contributed by atoms with E-state index in [0.717, 1.165) is 55.8 Å². The zero-order chi connectivity index (χ0) is 30.3. The zero-order valence-electron chi connectivity index (χ0n) is 26.1. The molecule has 2 fully saturated rings. The summed E-state index contributed by atoms with van der Waals surface area (Å²) in [5.74, 6) is 0.775. The van der Waals surface area contributed by atoms with Gasteiger partial charge in [0, 0.05) is 63.0 Å². The van der Waals surface area contributed by atoms with Crippen LogP contribution in [0.4, 0.5) is 5.69 Å². The van der Waals surface area contributed by atoms with E-state index >= 15 is 0 Å². The highest BCUT2D eigenvalue weighted by molar-refractivity contribution is 5.95. The van der Waals surface area contributed by atoms with E-state index in [1.54, 1.807) is 6.92 Å². The van der Waals surface area contributed by atoms with Gasteiger partial charge in [-0.25, -0.2) is 0 Å². The number of carbonyl (C=O) groups is 2. The quantitative estimate of drug-likeness (QED) is 0.300. The Balaban J connectivity index is 1.25. The average molecular weight is 595 g/mol. The number of hydrogen-bond donors (Lipinski definition) is 0. The largest absolute Gasteiger partial charge is 0.494 e. The summed E-state index contributed by atoms with van der Waals surface area (Å²) < 4.78 is 6.12. The third-order valence-corrected chi connectivity index (χ3v) is 9.57. The van der Waals surface area contributed by atoms with E-state index in [1.165, 1.54) is 31.5 Å². The Morgan fingerprint density at radius 2 is 1.61 bits per heavy atom. The summed E-state index contributed by atoms with van der Waals surface area (Å²) in [5, 5.41) is 0. The molecule has 3 aromatic carbocycles. The molecule has 2 bridgehead atoms. The first-order valence-corrected chi connectivity index (χ1v) is 16.5. The van der Waals surface area contributed by atoms with Gasteiger partial charge in [0.25, 0.3) is 5.91 Å². The summed E-state index contributed by atoms with van der Waals surface area (Å²) in [6.45, 7) is 8.32. The van der Waals surface area contributed by atoms with Crippen LogP contribution in [-0.4, -0.2) is 77.9 Å². The summed E-state index contributed by atoms with van der Waals surface area (Å²) in [5.41, 5.74) is 3.82. The van der Waals surface area contributed by atoms with Gasteiger partial charge in [-0.1, -0.05) is 54.6 Å². The molecule has 3 aromatic rings. The number of fused-ring (bicyclic) bond motifs is 3. The van der Waals surface area contributed by atoms with E-state index in [9.17, 15) is 9.59 Å². The Morgan fingerprint density at radius 3 is 2.43 bits per heavy atom. The molecule has 2 saturated heterocycles. The lowest BCUT2D eigenvalue weighted by Gasteiger charge is -2.34. The number of benzene rings is 3. The van der Waals surface area contributed by atoms with Gasteiger partial charge in [0.1, 0.15) is 5.75 Å². The van der Waals surface area contributed by atoms with E-state index in [0.29, 0.717) is 37.8 Å². The van der Waals surface area contributed by atoms with E-state index in [-0.39, 0.29) is 17.9 Å². The highest BCUT2D eigenvalue weighted by Crippen LogP contribution is 2.33. The second kappa shape index (κ2) is 14.4. The number of rotatable bonds is 8. The molecule has 0 unspecified atom stereocenters. The normalized spacial score (nSPS) is 21.1. The van der Waals surface area contributed by atoms with Crippen molar-refractivity contribution in [2.45, 2.75) is 70.6 Å². The molecular formula is C37H46N4O3. The molecule has 0 saturated carbocycles. The topological polar surface area (TPSA) is 56.3 Å². The maximum absolute atomic E-state index is 14.3. The van der Waals surface area contributed by atoms with Gasteiger partial charge in [-0.05, 0) is 87.0 Å². The Kier molecular flexibility index (Phi) is 9.93. The molecule has 6 rings (SSSR count). The fourth-order valence-electron chi connectivity index (χ4n) is 7.27. The van der Waals surface area contributed by atoms with Gasteiger partial charge in [-0.15, -0.1) is 0 Å². The van der Waals surface area contributed by atoms with E-state index in [2.05, 4.69) is 46.2 Å². The minimum absolute atomic E-state index is 0.000877. The SMILES string of the molecule is CC(=O)N1CC[C@@H]2CC[C@H](CN(C(=O)c3cccc(OCCCN4CCCC4)c3)Cc3ccccc31)N2Cc1ccccc1. The van der Waals surface area contributed by atoms with Gasteiger partial charge >= 0.3 is 0 Å². The van der Waals surface area contributed by atoms with Crippen molar-refractivity contribution >= 4 is 17.5 Å². The number of nitrogens with zero attached hydrogens (tertiary/aromatic N) is 4. The van der Waals surface area contributed by atoms with Gasteiger partial charge in [0.2, 0.25) is 5.91 Å². The number of para-hydroxylation sites is 1. The van der Waals surface area contributed by atoms with Gasteiger partial charge in [0.05, 0.1) is 6.61 Å². The molecule has 3 heterocycles. The molecule has 0 aliphatic carbocycles. The third-order valence-electron chi connectivity index (χ3n) is 9.57. The van der Waals surface area contributed by atoms with Crippen molar-refractivity contribution in [1.82, 2.24) is 14.7 Å². The second-order valence-corrected chi connectivity index (χ2v) is 12.6. The average Bonchev–Trinajstić information content (AvgIpc) is 3.69. The Morgan fingerprint density at radius 1 is 0.841 bits per heavy atom. The third kappa shape index (κ3) is 7.33. The van der Waals surface area contributed by atoms with Crippen LogP contribution in [0.1, 0.15) is 66.9 Å². The van der Waals surface area contributed by atoms with Crippen molar-refractivity contribution in [2.75, 3.05) is 44.2 Å². The van der Waals surface area contributed by atoms with Crippen LogP contribution in [0.3, 0.4) is 0 Å². The number of amides is 2. The molecule has 44 heavy (non-hydrogen) atoms. The highest BCUT2D eigenvalue weighted by atomic mass is 16.5. The first kappa shape index (κ1) is 30.4. The summed E-state index contributed by atoms with van der Waals surface area (Å²) in [6.07, 6.45) is 6.57. The summed E-state index contributed by atoms with van der Waals surface area (Å²) in [6, 6.07) is 26.9. The van der Waals surface area contributed by atoms with Crippen molar-refractivity contribution in [1.29, 1.82) is 0 Å². The van der Waals surface area contributed by atoms with Gasteiger partial charge in [0.15, 0.2) is 0 Å². The highest BCUT2D eigenvalue weighted by Gasteiger charge is 2.37. The van der Waals surface area contributed by atoms with Crippen LogP contribution in [0.2, 0.25) is 0 Å². The molecule has 232 valence electrons. The van der Waals surface area contributed by atoms with Crippen LogP contribution in [0.15, 0.2) is 78.9 Å². The number of ether oxygens (including phenoxy) is 1. The molecule has 2 atom stereocenters. The molecule has 3 aliphatic rings. The Hall–Kier alpha value is -3.68. The molecule has 0 spiro atoms. The maximum Gasteiger partial charge on any atom is 0.254 e. The second-order valence-electron chi connectivity index (χ2n) is 12.6. The lowest BCUT2D eigenvalue weighted by molar-refractivity contribution is -0.116. The minimum atomic E-state index is -0.000877. The number of anilines is 1. The molecule has 0 N–H and O–H groups in total. The van der Waals surface area contributed by atoms with Crippen LogP contribution < -0.4 is 9.64 Å². The van der Waals surface area contributed by atoms with Crippen molar-refractivity contribution < 1.29 is 14.3 Å². The molecular weight excluding hydrogens is 548 g/mol. The van der Waals surface area contributed by atoms with Crippen LogP contribution >= 0.6 is 0 Å². The predicted molar refractivity (Wildman–Crippen MR) is 175 cm³/mol. The smallest absolute Gasteiger partial charge is 0.254 e. The molecule has 2 amide bonds. The summed E-state index contributed by atoms with van der Waals surface area (Å²) >= 11 is 0. The van der Waals surface area contributed by atoms with Gasteiger partial charge < -0.3 is 19.4 Å². The molecule has 7 heteroatoms. The number of carbonyl (C=O) groups excluding carboxylic acids is 2. The summed E-state index contributed by atoms with van der Waals surface area (Å²) in [7, 11) is 0. The van der Waals surface area contributed by atoms with Crippen molar-refractivity contribution in [2.24, 2.45) is 0 Å². The molecule has 7 nitrogen and oxygen atoms in total. The minimum Gasteiger partial charge on any atom is -0.494 e. The van der Waals surface area contributed by atoms with Crippen LogP contribution in [0, 0.1) is 0 Å². The molecule has 0 aromatic heterocycles. The first-order valence-electron chi connectivity index (χ1n) is 16.5. The van der Waals surface area contributed by atoms with Crippen molar-refractivity contribution in [3.8, 4) is 5.75 Å². The standard InChI is InChI=1S/C37H46N4O3/c1-29(42)40-23-19-33-17-18-34(41(33)26-30-11-3-2-4-12-30)28-39(27-32-13-5-6-16-36(32)40)37(43)31-14-9-15-35(25-31)44-24-10-22-38-20-7-8-21-38/h2-6,9,11-16,25,33-34H,7-8,10,17-24,26-28H2,1H3/t33-,34+/m0/s1. The lowest BCUT2D eigenvalue weighted by atomic mass is 10.1. The monoisotopic (exact) mass is 594 g/mol.